The van der Waals surface area contributed by atoms with Crippen LogP contribution in [-0.4, -0.2) is 18.4 Å². The van der Waals surface area contributed by atoms with E-state index in [0.717, 1.165) is 0 Å². The third kappa shape index (κ3) is 11.3. The van der Waals surface area contributed by atoms with E-state index in [0.29, 0.717) is 0 Å². The summed E-state index contributed by atoms with van der Waals surface area (Å²) in [5.41, 5.74) is 0. The molecule has 0 rings (SSSR count). The molecule has 4 heteroatoms. The minimum atomic E-state index is -0.416. The van der Waals surface area contributed by atoms with Crippen LogP contribution in [0.15, 0.2) is 0 Å². The number of Topliss-reactive ketones (excluding diaryl/α,β-unsaturated/α-hetero) is 1. The second-order valence-corrected chi connectivity index (χ2v) is 1.48. The third-order valence-corrected chi connectivity index (χ3v) is 0.479. The van der Waals surface area contributed by atoms with E-state index in [1.807, 2.05) is 0 Å². The molecule has 54 valence electrons. The average Bonchev–Trinajstić information content (AvgIpc) is 1.61. The van der Waals surface area contributed by atoms with Crippen LogP contribution in [0.5, 0.6) is 0 Å². The van der Waals surface area contributed by atoms with E-state index in [4.69, 9.17) is 0 Å². The molecule has 9 heavy (non-hydrogen) atoms. The SMILES string of the molecule is CC(=O)COC(C)=O.[Fe]. The van der Waals surface area contributed by atoms with E-state index in [1.54, 1.807) is 0 Å². The van der Waals surface area contributed by atoms with Crippen molar-refractivity contribution in [3.63, 3.8) is 0 Å². The zero-order valence-corrected chi connectivity index (χ0v) is 6.39. The Morgan fingerprint density at radius 3 is 1.89 bits per heavy atom. The largest absolute Gasteiger partial charge is 0.458 e. The maximum atomic E-state index is 10.1. The number of hydrogen-bond acceptors (Lipinski definition) is 3. The van der Waals surface area contributed by atoms with Crippen LogP contribution in [0.4, 0.5) is 0 Å². The number of hydrogen-bond donors (Lipinski definition) is 0. The van der Waals surface area contributed by atoms with Crippen LogP contribution < -0.4 is 0 Å². The van der Waals surface area contributed by atoms with Gasteiger partial charge in [-0.25, -0.2) is 0 Å². The molecule has 0 aliphatic carbocycles. The van der Waals surface area contributed by atoms with Crippen LogP contribution in [0, 0.1) is 0 Å². The molecule has 0 bridgehead atoms. The van der Waals surface area contributed by atoms with Crippen molar-refractivity contribution in [2.24, 2.45) is 0 Å². The van der Waals surface area contributed by atoms with Crippen molar-refractivity contribution in [2.75, 3.05) is 6.61 Å². The van der Waals surface area contributed by atoms with Gasteiger partial charge in [0.2, 0.25) is 0 Å². The topological polar surface area (TPSA) is 43.4 Å². The Morgan fingerprint density at radius 2 is 1.78 bits per heavy atom. The van der Waals surface area contributed by atoms with Crippen LogP contribution in [0.2, 0.25) is 0 Å². The van der Waals surface area contributed by atoms with Gasteiger partial charge in [-0.2, -0.15) is 0 Å². The summed E-state index contributed by atoms with van der Waals surface area (Å²) in [6.45, 7) is 2.53. The first-order chi connectivity index (χ1) is 3.63. The quantitative estimate of drug-likeness (QED) is 0.439. The second-order valence-electron chi connectivity index (χ2n) is 1.48. The molecule has 0 saturated carbocycles. The molecule has 0 amide bonds. The molecular weight excluding hydrogens is 164 g/mol. The molecule has 0 spiro atoms. The molecule has 3 nitrogen and oxygen atoms in total. The maximum Gasteiger partial charge on any atom is 0.303 e. The summed E-state index contributed by atoms with van der Waals surface area (Å²) in [5.74, 6) is -0.555. The summed E-state index contributed by atoms with van der Waals surface area (Å²) in [7, 11) is 0. The fourth-order valence-electron chi connectivity index (χ4n) is 0.203. The molecule has 0 aromatic carbocycles. The van der Waals surface area contributed by atoms with E-state index < -0.39 is 5.97 Å². The molecule has 0 fully saturated rings. The molecule has 0 aromatic rings. The second kappa shape index (κ2) is 5.79. The summed E-state index contributed by atoms with van der Waals surface area (Å²) in [5, 5.41) is 0. The zero-order chi connectivity index (χ0) is 6.57. The van der Waals surface area contributed by atoms with Gasteiger partial charge in [0.05, 0.1) is 0 Å². The number of ketones is 1. The number of rotatable bonds is 2. The molecule has 0 aliphatic rings. The Balaban J connectivity index is 0. The predicted octanol–water partition coefficient (Wildman–Crippen LogP) is 0.136. The zero-order valence-electron chi connectivity index (χ0n) is 5.29. The van der Waals surface area contributed by atoms with Gasteiger partial charge in [0.15, 0.2) is 5.78 Å². The number of ether oxygens (including phenoxy) is 1. The average molecular weight is 172 g/mol. The molecule has 0 saturated heterocycles. The number of carbonyl (C=O) groups is 2. The fourth-order valence-corrected chi connectivity index (χ4v) is 0.203. The first kappa shape index (κ1) is 11.5. The molecule has 0 atom stereocenters. The Labute approximate surface area is 64.2 Å². The Hall–Kier alpha value is -0.341. The maximum absolute atomic E-state index is 10.1. The van der Waals surface area contributed by atoms with Gasteiger partial charge in [-0.3, -0.25) is 9.59 Å². The molecule has 0 radical (unpaired) electrons. The molecule has 0 N–H and O–H groups in total. The molecule has 0 aromatic heterocycles. The van der Waals surface area contributed by atoms with Gasteiger partial charge in [-0.1, -0.05) is 0 Å². The van der Waals surface area contributed by atoms with E-state index in [1.165, 1.54) is 13.8 Å². The van der Waals surface area contributed by atoms with Gasteiger partial charge in [0.25, 0.3) is 0 Å². The van der Waals surface area contributed by atoms with E-state index >= 15 is 0 Å². The smallest absolute Gasteiger partial charge is 0.303 e. The van der Waals surface area contributed by atoms with E-state index in [-0.39, 0.29) is 29.5 Å². The summed E-state index contributed by atoms with van der Waals surface area (Å²) < 4.78 is 4.31. The Morgan fingerprint density at radius 1 is 1.33 bits per heavy atom. The summed E-state index contributed by atoms with van der Waals surface area (Å²) in [6, 6.07) is 0. The van der Waals surface area contributed by atoms with Crippen molar-refractivity contribution in [1.82, 2.24) is 0 Å². The molecule has 0 aliphatic heterocycles. The first-order valence-corrected chi connectivity index (χ1v) is 2.25. The molecule has 0 heterocycles. The van der Waals surface area contributed by atoms with Crippen LogP contribution >= 0.6 is 0 Å². The van der Waals surface area contributed by atoms with Crippen molar-refractivity contribution in [3.8, 4) is 0 Å². The minimum absolute atomic E-state index is 0. The molecular formula is C5H8FeO3. The van der Waals surface area contributed by atoms with Crippen LogP contribution in [0.25, 0.3) is 0 Å². The Bertz CT molecular complexity index is 96.8. The standard InChI is InChI=1S/C5H8O3.Fe/c1-4(6)3-8-5(2)7;/h3H2,1-2H3;. The number of carbonyl (C=O) groups excluding carboxylic acids is 2. The monoisotopic (exact) mass is 172 g/mol. The number of esters is 1. The van der Waals surface area contributed by atoms with Gasteiger partial charge in [0.1, 0.15) is 6.61 Å². The first-order valence-electron chi connectivity index (χ1n) is 2.25. The van der Waals surface area contributed by atoms with Crippen molar-refractivity contribution >= 4 is 11.8 Å². The Kier molecular flexibility index (Phi) is 7.37. The van der Waals surface area contributed by atoms with Crippen molar-refractivity contribution in [2.45, 2.75) is 13.8 Å². The van der Waals surface area contributed by atoms with E-state index in [2.05, 4.69) is 4.74 Å². The van der Waals surface area contributed by atoms with Crippen LogP contribution in [0.1, 0.15) is 13.8 Å². The summed E-state index contributed by atoms with van der Waals surface area (Å²) >= 11 is 0. The van der Waals surface area contributed by atoms with Crippen LogP contribution in [-0.2, 0) is 31.4 Å². The van der Waals surface area contributed by atoms with Gasteiger partial charge in [0, 0.05) is 24.0 Å². The fraction of sp³-hybridized carbons (Fsp3) is 0.600. The van der Waals surface area contributed by atoms with Crippen molar-refractivity contribution in [3.05, 3.63) is 0 Å². The predicted molar refractivity (Wildman–Crippen MR) is 27.3 cm³/mol. The van der Waals surface area contributed by atoms with Crippen molar-refractivity contribution < 1.29 is 31.4 Å². The normalized spacial score (nSPS) is 7.33. The van der Waals surface area contributed by atoms with Gasteiger partial charge < -0.3 is 4.74 Å². The summed E-state index contributed by atoms with van der Waals surface area (Å²) in [4.78, 5) is 20.0. The van der Waals surface area contributed by atoms with E-state index in [9.17, 15) is 9.59 Å². The van der Waals surface area contributed by atoms with Gasteiger partial charge in [-0.05, 0) is 6.92 Å². The van der Waals surface area contributed by atoms with Crippen molar-refractivity contribution in [1.29, 1.82) is 0 Å². The molecule has 0 unspecified atom stereocenters. The van der Waals surface area contributed by atoms with Gasteiger partial charge >= 0.3 is 5.97 Å². The third-order valence-electron chi connectivity index (χ3n) is 0.479. The van der Waals surface area contributed by atoms with Crippen LogP contribution in [0.3, 0.4) is 0 Å². The summed E-state index contributed by atoms with van der Waals surface area (Å²) in [6.07, 6.45) is 0. The minimum Gasteiger partial charge on any atom is -0.458 e. The van der Waals surface area contributed by atoms with Gasteiger partial charge in [-0.15, -0.1) is 0 Å².